The first kappa shape index (κ1) is 18.7. The van der Waals surface area contributed by atoms with Crippen molar-refractivity contribution in [3.05, 3.63) is 80.6 Å². The Hall–Kier alpha value is -3.62. The molecule has 0 amide bonds. The minimum Gasteiger partial charge on any atom is -0.494 e. The Balaban J connectivity index is 1.65. The highest BCUT2D eigenvalue weighted by Crippen LogP contribution is 2.30. The molecular weight excluding hydrogens is 374 g/mol. The lowest BCUT2D eigenvalue weighted by atomic mass is 9.98. The summed E-state index contributed by atoms with van der Waals surface area (Å²) >= 11 is 0. The van der Waals surface area contributed by atoms with Crippen molar-refractivity contribution in [3.63, 3.8) is 0 Å². The van der Waals surface area contributed by atoms with Crippen LogP contribution < -0.4 is 11.2 Å². The van der Waals surface area contributed by atoms with Crippen LogP contribution in [0.4, 0.5) is 0 Å². The third kappa shape index (κ3) is 3.98. The Morgan fingerprint density at radius 1 is 1.31 bits per heavy atom. The highest BCUT2D eigenvalue weighted by atomic mass is 16.3. The Bertz CT molecular complexity index is 1100. The first-order valence-electron chi connectivity index (χ1n) is 9.42. The summed E-state index contributed by atoms with van der Waals surface area (Å²) in [5.74, 6) is 0.0267. The lowest BCUT2D eigenvalue weighted by molar-refractivity contribution is 0.156. The zero-order valence-electron chi connectivity index (χ0n) is 15.7. The molecule has 0 aromatic carbocycles. The van der Waals surface area contributed by atoms with Gasteiger partial charge in [-0.1, -0.05) is 6.07 Å². The van der Waals surface area contributed by atoms with E-state index in [9.17, 15) is 14.7 Å². The average molecular weight is 395 g/mol. The lowest BCUT2D eigenvalue weighted by Gasteiger charge is -2.33. The van der Waals surface area contributed by atoms with E-state index >= 15 is 0 Å². The molecule has 0 aliphatic carbocycles. The quantitative estimate of drug-likeness (QED) is 0.637. The molecule has 2 N–H and O–H groups in total. The minimum atomic E-state index is -0.716. The van der Waals surface area contributed by atoms with Crippen LogP contribution >= 0.6 is 0 Å². The van der Waals surface area contributed by atoms with E-state index in [0.29, 0.717) is 5.76 Å². The topological polar surface area (TPSA) is 117 Å². The number of piperidine rings is 1. The van der Waals surface area contributed by atoms with Crippen molar-refractivity contribution >= 4 is 6.21 Å². The van der Waals surface area contributed by atoms with Crippen molar-refractivity contribution in [2.45, 2.75) is 31.8 Å². The van der Waals surface area contributed by atoms with Crippen molar-refractivity contribution in [2.24, 2.45) is 5.10 Å². The van der Waals surface area contributed by atoms with Gasteiger partial charge in [-0.15, -0.1) is 0 Å². The summed E-state index contributed by atoms with van der Waals surface area (Å²) < 4.78 is 6.26. The molecule has 150 valence electrons. The highest BCUT2D eigenvalue weighted by Gasteiger charge is 2.23. The van der Waals surface area contributed by atoms with E-state index in [4.69, 9.17) is 4.42 Å². The zero-order valence-corrected chi connectivity index (χ0v) is 15.7. The number of H-pyrrole nitrogens is 1. The number of hydrogen-bond acceptors (Lipinski definition) is 7. The van der Waals surface area contributed by atoms with Crippen LogP contribution in [0.3, 0.4) is 0 Å². The van der Waals surface area contributed by atoms with Gasteiger partial charge in [0.1, 0.15) is 11.3 Å². The fraction of sp³-hybridized carbons (Fsp3) is 0.300. The molecule has 9 heteroatoms. The summed E-state index contributed by atoms with van der Waals surface area (Å²) in [6, 6.07) is 7.29. The monoisotopic (exact) mass is 395 g/mol. The first-order valence-corrected chi connectivity index (χ1v) is 9.42. The number of aromatic amines is 1. The van der Waals surface area contributed by atoms with Gasteiger partial charge in [0.05, 0.1) is 25.1 Å². The Morgan fingerprint density at radius 2 is 2.21 bits per heavy atom. The smallest absolute Gasteiger partial charge is 0.331 e. The predicted octanol–water partition coefficient (Wildman–Crippen LogP) is 1.84. The van der Waals surface area contributed by atoms with E-state index in [1.165, 1.54) is 12.5 Å². The summed E-state index contributed by atoms with van der Waals surface area (Å²) in [6.45, 7) is 0.720. The van der Waals surface area contributed by atoms with Crippen molar-refractivity contribution in [2.75, 3.05) is 6.54 Å². The van der Waals surface area contributed by atoms with Crippen LogP contribution in [0.5, 0.6) is 5.88 Å². The molecule has 0 saturated carbocycles. The largest absolute Gasteiger partial charge is 0.494 e. The fourth-order valence-corrected chi connectivity index (χ4v) is 3.49. The van der Waals surface area contributed by atoms with Crippen LogP contribution in [-0.2, 0) is 6.54 Å². The number of nitrogens with zero attached hydrogens (tertiary/aromatic N) is 4. The van der Waals surface area contributed by atoms with Crippen molar-refractivity contribution in [1.29, 1.82) is 0 Å². The fourth-order valence-electron chi connectivity index (χ4n) is 3.49. The van der Waals surface area contributed by atoms with E-state index in [-0.39, 0.29) is 18.2 Å². The highest BCUT2D eigenvalue weighted by molar-refractivity contribution is 5.81. The first-order chi connectivity index (χ1) is 14.1. The van der Waals surface area contributed by atoms with Crippen molar-refractivity contribution in [3.8, 4) is 5.88 Å². The molecule has 1 aliphatic rings. The standard InChI is InChI=1S/C20H21N5O4/c26-18-16(19(27)24(20(28)23-18)13-15-6-4-10-29-15)12-22-25-9-2-1-7-17(25)14-5-3-8-21-11-14/h3-6,8,10-12,17,27H,1-2,7,9,13H2,(H,23,26,28)/b22-12+/t17-/m1/s1. The number of hydrazone groups is 1. The van der Waals surface area contributed by atoms with Gasteiger partial charge in [-0.3, -0.25) is 24.3 Å². The van der Waals surface area contributed by atoms with Crippen LogP contribution in [-0.4, -0.2) is 37.4 Å². The maximum atomic E-state index is 12.3. The number of hydrogen-bond donors (Lipinski definition) is 2. The van der Waals surface area contributed by atoms with Gasteiger partial charge in [-0.2, -0.15) is 5.10 Å². The molecule has 0 unspecified atom stereocenters. The molecule has 1 atom stereocenters. The van der Waals surface area contributed by atoms with Gasteiger partial charge >= 0.3 is 5.69 Å². The SMILES string of the molecule is O=c1[nH]c(=O)n(Cc2ccco2)c(O)c1/C=N/N1CCCC[C@@H]1c1cccnc1. The third-order valence-electron chi connectivity index (χ3n) is 4.98. The Labute approximate surface area is 166 Å². The van der Waals surface area contributed by atoms with Gasteiger partial charge in [-0.05, 0) is 43.0 Å². The molecule has 0 spiro atoms. The third-order valence-corrected chi connectivity index (χ3v) is 4.98. The van der Waals surface area contributed by atoms with Crippen LogP contribution in [0.2, 0.25) is 0 Å². The van der Waals surface area contributed by atoms with E-state index in [1.807, 2.05) is 23.3 Å². The van der Waals surface area contributed by atoms with Gasteiger partial charge in [-0.25, -0.2) is 4.79 Å². The molecule has 1 aliphatic heterocycles. The Kier molecular flexibility index (Phi) is 5.28. The molecule has 0 bridgehead atoms. The van der Waals surface area contributed by atoms with Gasteiger partial charge < -0.3 is 9.52 Å². The molecule has 29 heavy (non-hydrogen) atoms. The van der Waals surface area contributed by atoms with Crippen LogP contribution in [0.25, 0.3) is 0 Å². The maximum absolute atomic E-state index is 12.3. The van der Waals surface area contributed by atoms with E-state index in [0.717, 1.165) is 35.9 Å². The van der Waals surface area contributed by atoms with Crippen LogP contribution in [0, 0.1) is 0 Å². The number of rotatable bonds is 5. The number of pyridine rings is 1. The second kappa shape index (κ2) is 8.17. The number of furan rings is 1. The normalized spacial score (nSPS) is 17.1. The number of aromatic nitrogens is 3. The van der Waals surface area contributed by atoms with Gasteiger partial charge in [0.25, 0.3) is 5.56 Å². The average Bonchev–Trinajstić information content (AvgIpc) is 3.25. The summed E-state index contributed by atoms with van der Waals surface area (Å²) in [4.78, 5) is 30.8. The molecule has 4 rings (SSSR count). The molecule has 3 aromatic heterocycles. The maximum Gasteiger partial charge on any atom is 0.331 e. The molecule has 4 heterocycles. The van der Waals surface area contributed by atoms with Gasteiger partial charge in [0.2, 0.25) is 5.88 Å². The Morgan fingerprint density at radius 3 is 2.97 bits per heavy atom. The van der Waals surface area contributed by atoms with Gasteiger partial charge in [0.15, 0.2) is 0 Å². The van der Waals surface area contributed by atoms with Crippen LogP contribution in [0.15, 0.2) is 62.0 Å². The molecule has 9 nitrogen and oxygen atoms in total. The molecule has 1 fully saturated rings. The minimum absolute atomic E-state index is 0.00267. The zero-order chi connectivity index (χ0) is 20.2. The lowest BCUT2D eigenvalue weighted by Crippen LogP contribution is -2.33. The van der Waals surface area contributed by atoms with E-state index in [1.54, 1.807) is 18.3 Å². The summed E-state index contributed by atoms with van der Waals surface area (Å²) in [5, 5.41) is 16.9. The van der Waals surface area contributed by atoms with Crippen LogP contribution in [0.1, 0.15) is 42.2 Å². The second-order valence-corrected chi connectivity index (χ2v) is 6.87. The number of nitrogens with one attached hydrogen (secondary N) is 1. The van der Waals surface area contributed by atoms with Gasteiger partial charge in [0, 0.05) is 18.9 Å². The summed E-state index contributed by atoms with van der Waals surface area (Å²) in [7, 11) is 0. The number of aromatic hydroxyl groups is 1. The second-order valence-electron chi connectivity index (χ2n) is 6.87. The predicted molar refractivity (Wildman–Crippen MR) is 106 cm³/mol. The molecule has 0 radical (unpaired) electrons. The van der Waals surface area contributed by atoms with Crippen molar-refractivity contribution in [1.82, 2.24) is 19.5 Å². The molecule has 1 saturated heterocycles. The molecular formula is C20H21N5O4. The summed E-state index contributed by atoms with van der Waals surface area (Å²) in [5.41, 5.74) is -0.439. The van der Waals surface area contributed by atoms with E-state index < -0.39 is 17.1 Å². The van der Waals surface area contributed by atoms with Crippen molar-refractivity contribution < 1.29 is 9.52 Å². The van der Waals surface area contributed by atoms with E-state index in [2.05, 4.69) is 15.1 Å². The molecule has 3 aromatic rings. The summed E-state index contributed by atoms with van der Waals surface area (Å²) in [6.07, 6.45) is 9.29.